The van der Waals surface area contributed by atoms with Crippen LogP contribution in [0.1, 0.15) is 5.69 Å². The molecule has 0 saturated carbocycles. The number of aliphatic hydroxyl groups is 1. The number of nitrogens with zero attached hydrogens (tertiary/aromatic N) is 1. The van der Waals surface area contributed by atoms with Crippen LogP contribution in [0.25, 0.3) is 0 Å². The van der Waals surface area contributed by atoms with Gasteiger partial charge in [0.1, 0.15) is 0 Å². The maximum absolute atomic E-state index is 12.2. The van der Waals surface area contributed by atoms with E-state index in [4.69, 9.17) is 4.74 Å². The Balaban J connectivity index is 1.51. The predicted octanol–water partition coefficient (Wildman–Crippen LogP) is 0.278. The minimum Gasteiger partial charge on any atom is -0.389 e. The number of rotatable bonds is 7. The van der Waals surface area contributed by atoms with E-state index >= 15 is 0 Å². The SMILES string of the molecule is O=S(=O)(NCC1OCC(NCc2ccccn2)C1O)c1ccccc1. The summed E-state index contributed by atoms with van der Waals surface area (Å²) in [5.41, 5.74) is 0.864. The molecule has 1 aliphatic heterocycles. The zero-order valence-corrected chi connectivity index (χ0v) is 14.4. The number of aromatic nitrogens is 1. The van der Waals surface area contributed by atoms with Gasteiger partial charge in [-0.2, -0.15) is 0 Å². The van der Waals surface area contributed by atoms with E-state index in [-0.39, 0.29) is 17.5 Å². The Kier molecular flexibility index (Phi) is 5.77. The Morgan fingerprint density at radius 3 is 2.64 bits per heavy atom. The number of aliphatic hydroxyl groups excluding tert-OH is 1. The lowest BCUT2D eigenvalue weighted by Crippen LogP contribution is -2.44. The average Bonchev–Trinajstić information content (AvgIpc) is 3.00. The van der Waals surface area contributed by atoms with Crippen LogP contribution in [0.15, 0.2) is 59.6 Å². The summed E-state index contributed by atoms with van der Waals surface area (Å²) in [6, 6.07) is 13.5. The summed E-state index contributed by atoms with van der Waals surface area (Å²) >= 11 is 0. The van der Waals surface area contributed by atoms with Crippen molar-refractivity contribution in [3.05, 3.63) is 60.4 Å². The van der Waals surface area contributed by atoms with Crippen molar-refractivity contribution in [2.75, 3.05) is 13.2 Å². The Bertz CT molecular complexity index is 771. The van der Waals surface area contributed by atoms with Gasteiger partial charge in [0.25, 0.3) is 0 Å². The van der Waals surface area contributed by atoms with Crippen LogP contribution in [0, 0.1) is 0 Å². The lowest BCUT2D eigenvalue weighted by molar-refractivity contribution is 0.0443. The quantitative estimate of drug-likeness (QED) is 0.653. The van der Waals surface area contributed by atoms with Gasteiger partial charge in [-0.25, -0.2) is 13.1 Å². The number of nitrogens with one attached hydrogen (secondary N) is 2. The normalized spacial score (nSPS) is 23.6. The molecule has 1 aromatic heterocycles. The van der Waals surface area contributed by atoms with Crippen molar-refractivity contribution in [2.24, 2.45) is 0 Å². The molecule has 1 aliphatic rings. The molecule has 134 valence electrons. The third-order valence-corrected chi connectivity index (χ3v) is 5.52. The van der Waals surface area contributed by atoms with E-state index in [1.807, 2.05) is 18.2 Å². The van der Waals surface area contributed by atoms with Crippen LogP contribution in [-0.2, 0) is 21.3 Å². The van der Waals surface area contributed by atoms with Crippen molar-refractivity contribution in [3.63, 3.8) is 0 Å². The molecule has 1 fully saturated rings. The summed E-state index contributed by atoms with van der Waals surface area (Å²) in [6.45, 7) is 0.834. The number of ether oxygens (including phenoxy) is 1. The zero-order valence-electron chi connectivity index (χ0n) is 13.6. The predicted molar refractivity (Wildman–Crippen MR) is 92.2 cm³/mol. The molecule has 3 unspecified atom stereocenters. The molecule has 0 spiro atoms. The fourth-order valence-electron chi connectivity index (χ4n) is 2.66. The van der Waals surface area contributed by atoms with E-state index in [1.54, 1.807) is 24.4 Å². The summed E-state index contributed by atoms with van der Waals surface area (Å²) in [5, 5.41) is 13.5. The van der Waals surface area contributed by atoms with Crippen LogP contribution < -0.4 is 10.0 Å². The fourth-order valence-corrected chi connectivity index (χ4v) is 3.72. The number of sulfonamides is 1. The average molecular weight is 363 g/mol. The van der Waals surface area contributed by atoms with Crippen LogP contribution in [0.4, 0.5) is 0 Å². The highest BCUT2D eigenvalue weighted by molar-refractivity contribution is 7.89. The van der Waals surface area contributed by atoms with Gasteiger partial charge in [0.05, 0.1) is 35.4 Å². The Hall–Kier alpha value is -1.84. The minimum absolute atomic E-state index is 0.0140. The van der Waals surface area contributed by atoms with Gasteiger partial charge >= 0.3 is 0 Å². The highest BCUT2D eigenvalue weighted by atomic mass is 32.2. The van der Waals surface area contributed by atoms with Crippen molar-refractivity contribution in [1.82, 2.24) is 15.0 Å². The van der Waals surface area contributed by atoms with E-state index in [2.05, 4.69) is 15.0 Å². The summed E-state index contributed by atoms with van der Waals surface area (Å²) in [7, 11) is -3.62. The van der Waals surface area contributed by atoms with Crippen LogP contribution in [-0.4, -0.2) is 49.9 Å². The summed E-state index contributed by atoms with van der Waals surface area (Å²) in [5.74, 6) is 0. The number of benzene rings is 1. The van der Waals surface area contributed by atoms with Crippen molar-refractivity contribution in [3.8, 4) is 0 Å². The fraction of sp³-hybridized carbons (Fsp3) is 0.353. The molecule has 8 heteroatoms. The first kappa shape index (κ1) is 18.0. The highest BCUT2D eigenvalue weighted by Gasteiger charge is 2.36. The summed E-state index contributed by atoms with van der Waals surface area (Å²) in [4.78, 5) is 4.40. The lowest BCUT2D eigenvalue weighted by atomic mass is 10.1. The van der Waals surface area contributed by atoms with E-state index in [9.17, 15) is 13.5 Å². The van der Waals surface area contributed by atoms with Crippen LogP contribution in [0.2, 0.25) is 0 Å². The Labute approximate surface area is 147 Å². The van der Waals surface area contributed by atoms with Crippen molar-refractivity contribution >= 4 is 10.0 Å². The van der Waals surface area contributed by atoms with Crippen molar-refractivity contribution in [2.45, 2.75) is 29.7 Å². The first-order valence-corrected chi connectivity index (χ1v) is 9.52. The van der Waals surface area contributed by atoms with Gasteiger partial charge in [-0.05, 0) is 24.3 Å². The molecule has 7 nitrogen and oxygen atoms in total. The third kappa shape index (κ3) is 4.62. The number of hydrogen-bond acceptors (Lipinski definition) is 6. The van der Waals surface area contributed by atoms with Crippen molar-refractivity contribution < 1.29 is 18.3 Å². The molecule has 2 heterocycles. The first-order valence-electron chi connectivity index (χ1n) is 8.04. The maximum atomic E-state index is 12.2. The van der Waals surface area contributed by atoms with Gasteiger partial charge in [-0.3, -0.25) is 4.98 Å². The molecule has 0 bridgehead atoms. The molecular weight excluding hydrogens is 342 g/mol. The van der Waals surface area contributed by atoms with E-state index < -0.39 is 22.2 Å². The second kappa shape index (κ2) is 8.03. The molecule has 25 heavy (non-hydrogen) atoms. The highest BCUT2D eigenvalue weighted by Crippen LogP contribution is 2.15. The maximum Gasteiger partial charge on any atom is 0.240 e. The van der Waals surface area contributed by atoms with E-state index in [1.165, 1.54) is 12.1 Å². The molecule has 1 saturated heterocycles. The van der Waals surface area contributed by atoms with Gasteiger partial charge in [-0.15, -0.1) is 0 Å². The topological polar surface area (TPSA) is 101 Å². The van der Waals surface area contributed by atoms with Gasteiger partial charge in [0.2, 0.25) is 10.0 Å². The van der Waals surface area contributed by atoms with Gasteiger partial charge in [0.15, 0.2) is 0 Å². The van der Waals surface area contributed by atoms with Crippen molar-refractivity contribution in [1.29, 1.82) is 0 Å². The van der Waals surface area contributed by atoms with E-state index in [0.717, 1.165) is 5.69 Å². The molecule has 3 N–H and O–H groups in total. The molecule has 3 rings (SSSR count). The van der Waals surface area contributed by atoms with Gasteiger partial charge < -0.3 is 15.2 Å². The number of hydrogen-bond donors (Lipinski definition) is 3. The zero-order chi connectivity index (χ0) is 17.7. The summed E-state index contributed by atoms with van der Waals surface area (Å²) in [6.07, 6.45) is 0.307. The molecule has 1 aromatic carbocycles. The van der Waals surface area contributed by atoms with Crippen LogP contribution in [0.3, 0.4) is 0 Å². The Morgan fingerprint density at radius 2 is 1.92 bits per heavy atom. The Morgan fingerprint density at radius 1 is 1.16 bits per heavy atom. The first-order chi connectivity index (χ1) is 12.1. The third-order valence-electron chi connectivity index (χ3n) is 4.08. The molecule has 3 atom stereocenters. The second-order valence-corrected chi connectivity index (χ2v) is 7.60. The van der Waals surface area contributed by atoms with Crippen LogP contribution >= 0.6 is 0 Å². The molecular formula is C17H21N3O4S. The monoisotopic (exact) mass is 363 g/mol. The van der Waals surface area contributed by atoms with E-state index in [0.29, 0.717) is 13.2 Å². The molecule has 0 radical (unpaired) electrons. The minimum atomic E-state index is -3.62. The largest absolute Gasteiger partial charge is 0.389 e. The second-order valence-electron chi connectivity index (χ2n) is 5.84. The van der Waals surface area contributed by atoms with Crippen LogP contribution in [0.5, 0.6) is 0 Å². The smallest absolute Gasteiger partial charge is 0.240 e. The molecule has 0 amide bonds. The standard InChI is InChI=1S/C17H21N3O4S/c21-17-15(19-10-13-6-4-5-9-18-13)12-24-16(17)11-20-25(22,23)14-7-2-1-3-8-14/h1-9,15-17,19-21H,10-12H2. The summed E-state index contributed by atoms with van der Waals surface area (Å²) < 4.78 is 32.5. The molecule has 2 aromatic rings. The molecule has 0 aliphatic carbocycles. The van der Waals surface area contributed by atoms with Gasteiger partial charge in [-0.1, -0.05) is 24.3 Å². The van der Waals surface area contributed by atoms with Gasteiger partial charge in [0, 0.05) is 19.3 Å². The number of pyridine rings is 1. The lowest BCUT2D eigenvalue weighted by Gasteiger charge is -2.18.